The molecule has 10 nitrogen and oxygen atoms in total. The van der Waals surface area contributed by atoms with E-state index in [2.05, 4.69) is 109 Å². The third-order valence-corrected chi connectivity index (χ3v) is 7.17. The van der Waals surface area contributed by atoms with Gasteiger partial charge in [-0.25, -0.2) is 9.59 Å². The molecule has 0 aliphatic rings. The number of carboxylic acid groups (broad SMARTS) is 2. The van der Waals surface area contributed by atoms with Crippen LogP contribution in [-0.4, -0.2) is 62.3 Å². The summed E-state index contributed by atoms with van der Waals surface area (Å²) >= 11 is 0. The van der Waals surface area contributed by atoms with Gasteiger partial charge >= 0.3 is 11.9 Å². The molecular formula is C38H44N2O8. The Morgan fingerprint density at radius 1 is 0.521 bits per heavy atom. The van der Waals surface area contributed by atoms with Crippen molar-refractivity contribution in [2.45, 2.75) is 51.0 Å². The number of benzene rings is 4. The molecule has 4 aromatic carbocycles. The van der Waals surface area contributed by atoms with Crippen molar-refractivity contribution in [1.29, 1.82) is 0 Å². The molecule has 0 aromatic heterocycles. The van der Waals surface area contributed by atoms with E-state index >= 15 is 0 Å². The lowest BCUT2D eigenvalue weighted by atomic mass is 10.1. The van der Waals surface area contributed by atoms with Crippen molar-refractivity contribution in [3.05, 3.63) is 144 Å². The molecule has 0 unspecified atom stereocenters. The molecule has 48 heavy (non-hydrogen) atoms. The zero-order valence-corrected chi connectivity index (χ0v) is 27.7. The van der Waals surface area contributed by atoms with Crippen molar-refractivity contribution >= 4 is 23.9 Å². The van der Waals surface area contributed by atoms with Gasteiger partial charge < -0.3 is 39.9 Å². The summed E-state index contributed by atoms with van der Waals surface area (Å²) in [4.78, 5) is 46.5. The summed E-state index contributed by atoms with van der Waals surface area (Å²) in [5.74, 6) is -6.35. The summed E-state index contributed by atoms with van der Waals surface area (Å²) in [5, 5.41) is 27.0. The Balaban J connectivity index is 0.000000298. The summed E-state index contributed by atoms with van der Waals surface area (Å²) in [7, 11) is 4.24. The summed E-state index contributed by atoms with van der Waals surface area (Å²) in [6.45, 7) is 4.49. The number of ether oxygens (including phenoxy) is 2. The van der Waals surface area contributed by atoms with Crippen LogP contribution in [0.5, 0.6) is 0 Å². The molecule has 10 heteroatoms. The van der Waals surface area contributed by atoms with Gasteiger partial charge in [0.1, 0.15) is 0 Å². The third-order valence-electron chi connectivity index (χ3n) is 7.17. The van der Waals surface area contributed by atoms with E-state index in [-0.39, 0.29) is 11.1 Å². The Kier molecular flexibility index (Phi) is 17.4. The number of quaternary nitrogens is 2. The number of carboxylic acids is 2. The first-order valence-corrected chi connectivity index (χ1v) is 15.7. The van der Waals surface area contributed by atoms with Crippen LogP contribution in [0.25, 0.3) is 0 Å². The maximum absolute atomic E-state index is 12.0. The third kappa shape index (κ3) is 14.4. The molecule has 4 atom stereocenters. The molecule has 0 amide bonds. The van der Waals surface area contributed by atoms with Gasteiger partial charge in [-0.1, -0.05) is 97.1 Å². The predicted molar refractivity (Wildman–Crippen MR) is 176 cm³/mol. The number of esters is 2. The molecule has 0 saturated heterocycles. The van der Waals surface area contributed by atoms with Gasteiger partial charge in [0.05, 0.1) is 49.2 Å². The lowest BCUT2D eigenvalue weighted by Gasteiger charge is -2.28. The van der Waals surface area contributed by atoms with Crippen LogP contribution in [0.15, 0.2) is 121 Å². The molecule has 4 aromatic rings. The predicted octanol–water partition coefficient (Wildman–Crippen LogP) is 0.559. The average molecular weight is 657 g/mol. The highest BCUT2D eigenvalue weighted by Crippen LogP contribution is 2.12. The topological polar surface area (TPSA) is 166 Å². The number of carbonyl (C=O) groups excluding carboxylic acids is 4. The lowest BCUT2D eigenvalue weighted by Crippen LogP contribution is -2.85. The zero-order valence-electron chi connectivity index (χ0n) is 27.7. The van der Waals surface area contributed by atoms with Gasteiger partial charge in [0.2, 0.25) is 0 Å². The number of hydrogen-bond acceptors (Lipinski definition) is 8. The van der Waals surface area contributed by atoms with Crippen LogP contribution in [0, 0.1) is 0 Å². The minimum Gasteiger partial charge on any atom is -0.546 e. The summed E-state index contributed by atoms with van der Waals surface area (Å²) in [6.07, 6.45) is -2.45. The quantitative estimate of drug-likeness (QED) is 0.197. The zero-order chi connectivity index (χ0) is 35.3. The van der Waals surface area contributed by atoms with Crippen LogP contribution in [-0.2, 0) is 31.9 Å². The Labute approximate surface area is 281 Å². The maximum atomic E-state index is 12.0. The fourth-order valence-corrected chi connectivity index (χ4v) is 4.19. The minimum atomic E-state index is -2.39. The van der Waals surface area contributed by atoms with Crippen molar-refractivity contribution in [2.24, 2.45) is 0 Å². The normalized spacial score (nSPS) is 12.7. The molecule has 0 radical (unpaired) electrons. The van der Waals surface area contributed by atoms with Gasteiger partial charge in [-0.3, -0.25) is 0 Å². The molecule has 0 heterocycles. The first kappa shape index (κ1) is 38.9. The Hall–Kier alpha value is -5.32. The summed E-state index contributed by atoms with van der Waals surface area (Å²) in [5.41, 5.74) is 2.81. The van der Waals surface area contributed by atoms with Crippen LogP contribution < -0.4 is 20.8 Å². The van der Waals surface area contributed by atoms with E-state index in [0.717, 1.165) is 12.8 Å². The van der Waals surface area contributed by atoms with E-state index in [1.165, 1.54) is 59.7 Å². The number of rotatable bonds is 13. The average Bonchev–Trinajstić information content (AvgIpc) is 3.11. The summed E-state index contributed by atoms with van der Waals surface area (Å²) < 4.78 is 9.32. The SMILES string of the molecule is C[NH2+][C@@H](C)Cc1ccccc1.C[NH2+][C@@H](C)Cc1ccccc1.O=C(O[C@@H](C(=O)[O-])[C@@H](OC(=O)c1ccccc1)C(=O)[O-])c1ccccc1. The van der Waals surface area contributed by atoms with Gasteiger partial charge in [-0.2, -0.15) is 0 Å². The molecule has 0 aliphatic carbocycles. The Morgan fingerprint density at radius 2 is 0.792 bits per heavy atom. The van der Waals surface area contributed by atoms with Crippen molar-refractivity contribution in [2.75, 3.05) is 14.1 Å². The molecule has 0 bridgehead atoms. The number of hydrogen-bond donors (Lipinski definition) is 2. The molecule has 254 valence electrons. The van der Waals surface area contributed by atoms with Crippen LogP contribution in [0.2, 0.25) is 0 Å². The van der Waals surface area contributed by atoms with Crippen LogP contribution in [0.4, 0.5) is 0 Å². The Morgan fingerprint density at radius 3 is 1.04 bits per heavy atom. The monoisotopic (exact) mass is 656 g/mol. The van der Waals surface area contributed by atoms with Crippen molar-refractivity contribution in [3.8, 4) is 0 Å². The van der Waals surface area contributed by atoms with Crippen LogP contribution in [0.1, 0.15) is 45.7 Å². The van der Waals surface area contributed by atoms with E-state index in [4.69, 9.17) is 0 Å². The molecule has 0 fully saturated rings. The van der Waals surface area contributed by atoms with E-state index in [1.54, 1.807) is 12.1 Å². The number of likely N-dealkylation sites (N-methyl/N-ethyl adjacent to an activating group) is 2. The van der Waals surface area contributed by atoms with Gasteiger partial charge in [0.15, 0.2) is 12.2 Å². The first-order valence-electron chi connectivity index (χ1n) is 15.7. The second-order valence-electron chi connectivity index (χ2n) is 11.0. The highest BCUT2D eigenvalue weighted by atomic mass is 16.6. The fourth-order valence-electron chi connectivity index (χ4n) is 4.19. The van der Waals surface area contributed by atoms with E-state index in [0.29, 0.717) is 12.1 Å². The number of carbonyl (C=O) groups is 4. The van der Waals surface area contributed by atoms with Crippen molar-refractivity contribution in [3.63, 3.8) is 0 Å². The van der Waals surface area contributed by atoms with Crippen LogP contribution >= 0.6 is 0 Å². The molecule has 0 aliphatic heterocycles. The first-order chi connectivity index (χ1) is 23.0. The molecular weight excluding hydrogens is 612 g/mol. The van der Waals surface area contributed by atoms with Crippen molar-refractivity contribution < 1.29 is 49.5 Å². The Bertz CT molecular complexity index is 1400. The largest absolute Gasteiger partial charge is 0.546 e. The lowest BCUT2D eigenvalue weighted by molar-refractivity contribution is -0.659. The number of aliphatic carboxylic acids is 2. The van der Waals surface area contributed by atoms with Gasteiger partial charge in [-0.15, -0.1) is 0 Å². The molecule has 4 rings (SSSR count). The minimum absolute atomic E-state index is 0.0229. The molecule has 0 saturated carbocycles. The second-order valence-corrected chi connectivity index (χ2v) is 11.0. The highest BCUT2D eigenvalue weighted by Gasteiger charge is 2.32. The second kappa shape index (κ2) is 21.5. The maximum Gasteiger partial charge on any atom is 0.338 e. The summed E-state index contributed by atoms with van der Waals surface area (Å²) in [6, 6.07) is 37.1. The van der Waals surface area contributed by atoms with Gasteiger partial charge in [0.25, 0.3) is 0 Å². The highest BCUT2D eigenvalue weighted by molar-refractivity contribution is 5.94. The van der Waals surface area contributed by atoms with Gasteiger partial charge in [-0.05, 0) is 49.2 Å². The standard InChI is InChI=1S/C18H14O8.2C10H15N/c19-15(20)13(25-17(23)11-7-3-1-4-8-11)14(16(21)22)26-18(24)12-9-5-2-6-10-12;2*1-9(11-2)8-10-6-4-3-5-7-10/h1-10,13-14H,(H,19,20)(H,21,22);2*3-7,9,11H,8H2,1-2H3/t13-,14-;2*9-/m100/s1. The van der Waals surface area contributed by atoms with Crippen LogP contribution in [0.3, 0.4) is 0 Å². The van der Waals surface area contributed by atoms with Crippen molar-refractivity contribution in [1.82, 2.24) is 0 Å². The number of nitrogens with two attached hydrogens (primary N) is 2. The van der Waals surface area contributed by atoms with E-state index in [9.17, 15) is 29.4 Å². The fraction of sp³-hybridized carbons (Fsp3) is 0.263. The van der Waals surface area contributed by atoms with Gasteiger partial charge in [0, 0.05) is 12.8 Å². The van der Waals surface area contributed by atoms with E-state index in [1.807, 2.05) is 0 Å². The van der Waals surface area contributed by atoms with E-state index < -0.39 is 36.1 Å². The molecule has 4 N–H and O–H groups in total. The smallest absolute Gasteiger partial charge is 0.338 e. The molecule has 0 spiro atoms.